The van der Waals surface area contributed by atoms with Crippen LogP contribution in [0.15, 0.2) is 5.29 Å². The van der Waals surface area contributed by atoms with E-state index in [9.17, 15) is 4.91 Å². The van der Waals surface area contributed by atoms with E-state index in [2.05, 4.69) is 5.29 Å². The lowest BCUT2D eigenvalue weighted by Crippen LogP contribution is -2.23. The molecule has 0 atom stereocenters. The first-order chi connectivity index (χ1) is 7.81. The molecule has 9 heteroatoms. The van der Waals surface area contributed by atoms with Crippen molar-refractivity contribution in [2.45, 2.75) is 13.8 Å². The Balaban J connectivity index is -0.000000205. The van der Waals surface area contributed by atoms with Crippen molar-refractivity contribution in [3.05, 3.63) is 4.91 Å². The van der Waals surface area contributed by atoms with Gasteiger partial charge in [-0.3, -0.25) is 14.6 Å². The van der Waals surface area contributed by atoms with Gasteiger partial charge in [0.25, 0.3) is 11.9 Å². The third-order valence-corrected chi connectivity index (χ3v) is 0.832. The topological polar surface area (TPSA) is 148 Å². The van der Waals surface area contributed by atoms with Gasteiger partial charge in [-0.15, -0.1) is 4.91 Å². The van der Waals surface area contributed by atoms with Crippen molar-refractivity contribution in [3.63, 3.8) is 0 Å². The Labute approximate surface area is 98.2 Å². The Hall–Kier alpha value is -1.74. The van der Waals surface area contributed by atoms with E-state index in [1.165, 1.54) is 0 Å². The summed E-state index contributed by atoms with van der Waals surface area (Å²) in [6.45, 7) is 2.30. The van der Waals surface area contributed by atoms with Gasteiger partial charge in [-0.05, 0) is 0 Å². The zero-order valence-electron chi connectivity index (χ0n) is 9.74. The van der Waals surface area contributed by atoms with Gasteiger partial charge in [-0.1, -0.05) is 0 Å². The van der Waals surface area contributed by atoms with Crippen LogP contribution in [0.3, 0.4) is 0 Å². The molecular formula is C8H18N2O7. The Morgan fingerprint density at radius 3 is 1.35 bits per heavy atom. The van der Waals surface area contributed by atoms with Gasteiger partial charge in [-0.2, -0.15) is 0 Å². The Bertz CT molecular complexity index is 184. The van der Waals surface area contributed by atoms with E-state index in [1.807, 2.05) is 0 Å². The predicted molar refractivity (Wildman–Crippen MR) is 58.2 cm³/mol. The van der Waals surface area contributed by atoms with Gasteiger partial charge in [0, 0.05) is 13.8 Å². The van der Waals surface area contributed by atoms with Gasteiger partial charge in [-0.25, -0.2) is 0 Å². The molecule has 0 saturated heterocycles. The van der Waals surface area contributed by atoms with Gasteiger partial charge in [0.1, 0.15) is 0 Å². The fourth-order valence-electron chi connectivity index (χ4n) is 0.424. The lowest BCUT2D eigenvalue weighted by molar-refractivity contribution is -0.135. The van der Waals surface area contributed by atoms with Crippen LogP contribution in [0, 0.1) is 4.91 Å². The van der Waals surface area contributed by atoms with Crippen molar-refractivity contribution >= 4 is 11.9 Å². The third-order valence-electron chi connectivity index (χ3n) is 0.832. The first-order valence-corrected chi connectivity index (χ1v) is 4.50. The molecule has 0 radical (unpaired) electrons. The summed E-state index contributed by atoms with van der Waals surface area (Å²) >= 11 is 0. The van der Waals surface area contributed by atoms with Crippen molar-refractivity contribution in [2.24, 2.45) is 5.29 Å². The molecule has 0 aromatic heterocycles. The monoisotopic (exact) mass is 254 g/mol. The van der Waals surface area contributed by atoms with Crippen molar-refractivity contribution in [3.8, 4) is 0 Å². The Morgan fingerprint density at radius 1 is 1.00 bits per heavy atom. The molecule has 0 aliphatic carbocycles. The average molecular weight is 254 g/mol. The van der Waals surface area contributed by atoms with Crippen LogP contribution in [0.2, 0.25) is 0 Å². The van der Waals surface area contributed by atoms with Gasteiger partial charge in [0.05, 0.1) is 31.6 Å². The molecule has 0 aromatic carbocycles. The summed E-state index contributed by atoms with van der Waals surface area (Å²) in [6, 6.07) is 0. The largest absolute Gasteiger partial charge is 0.481 e. The van der Waals surface area contributed by atoms with Gasteiger partial charge < -0.3 is 20.4 Å². The summed E-state index contributed by atoms with van der Waals surface area (Å²) in [5.41, 5.74) is 0. The van der Waals surface area contributed by atoms with Crippen LogP contribution in [-0.4, -0.2) is 63.7 Å². The minimum absolute atomic E-state index is 0.119. The smallest absolute Gasteiger partial charge is 0.300 e. The number of nitrogens with zero attached hydrogens (tertiary/aromatic N) is 2. The van der Waals surface area contributed by atoms with E-state index >= 15 is 0 Å². The second-order valence-electron chi connectivity index (χ2n) is 2.52. The predicted octanol–water partition coefficient (Wildman–Crippen LogP) is -0.864. The number of carboxylic acids is 2. The molecule has 0 aliphatic rings. The van der Waals surface area contributed by atoms with E-state index < -0.39 is 11.9 Å². The summed E-state index contributed by atoms with van der Waals surface area (Å²) < 4.78 is 0. The molecule has 0 bridgehead atoms. The molecule has 0 fully saturated rings. The van der Waals surface area contributed by atoms with Crippen LogP contribution < -0.4 is 0 Å². The molecule has 0 aromatic rings. The number of carbonyl (C=O) groups is 2. The summed E-state index contributed by atoms with van der Waals surface area (Å²) in [6.07, 6.45) is 0. The molecule has 0 amide bonds. The lowest BCUT2D eigenvalue weighted by atomic mass is 10.6. The molecular weight excluding hydrogens is 236 g/mol. The number of rotatable bonds is 5. The highest BCUT2D eigenvalue weighted by atomic mass is 16.4. The maximum atomic E-state index is 9.74. The first kappa shape index (κ1) is 20.6. The summed E-state index contributed by atoms with van der Waals surface area (Å²) in [5.74, 6) is -1.67. The minimum atomic E-state index is -0.833. The summed E-state index contributed by atoms with van der Waals surface area (Å²) in [7, 11) is 0. The van der Waals surface area contributed by atoms with Crippen molar-refractivity contribution in [1.29, 1.82) is 0 Å². The number of carboxylic acid groups (broad SMARTS) is 2. The van der Waals surface area contributed by atoms with E-state index in [-0.39, 0.29) is 26.3 Å². The van der Waals surface area contributed by atoms with Gasteiger partial charge >= 0.3 is 0 Å². The normalized spacial score (nSPS) is 7.76. The van der Waals surface area contributed by atoms with E-state index in [0.717, 1.165) is 18.9 Å². The highest BCUT2D eigenvalue weighted by Crippen LogP contribution is 1.84. The van der Waals surface area contributed by atoms with Crippen LogP contribution in [-0.2, 0) is 9.59 Å². The second-order valence-corrected chi connectivity index (χ2v) is 2.52. The molecule has 0 unspecified atom stereocenters. The quantitative estimate of drug-likeness (QED) is 0.365. The molecule has 4 N–H and O–H groups in total. The van der Waals surface area contributed by atoms with Crippen LogP contribution >= 0.6 is 0 Å². The molecule has 0 saturated carbocycles. The highest BCUT2D eigenvalue weighted by molar-refractivity contribution is 5.63. The van der Waals surface area contributed by atoms with Crippen LogP contribution in [0.5, 0.6) is 0 Å². The first-order valence-electron chi connectivity index (χ1n) is 4.50. The molecule has 0 rings (SSSR count). The maximum Gasteiger partial charge on any atom is 0.300 e. The van der Waals surface area contributed by atoms with Crippen molar-refractivity contribution in [1.82, 2.24) is 5.01 Å². The minimum Gasteiger partial charge on any atom is -0.481 e. The standard InChI is InChI=1S/C4H10N2O3.2C2H4O2/c7-3-1-6(5-9)2-4-8;2*1-2(3)4/h7-8H,1-4H2;2*1H3,(H,3,4). The number of aliphatic hydroxyl groups excluding tert-OH is 2. The second kappa shape index (κ2) is 16.7. The summed E-state index contributed by atoms with van der Waals surface area (Å²) in [4.78, 5) is 27.7. The SMILES string of the molecule is CC(=O)O.CC(=O)O.O=NN(CCO)CCO. The molecule has 0 heterocycles. The van der Waals surface area contributed by atoms with Crippen LogP contribution in [0.1, 0.15) is 13.8 Å². The number of hydrogen-bond donors (Lipinski definition) is 4. The van der Waals surface area contributed by atoms with Crippen LogP contribution in [0.25, 0.3) is 0 Å². The zero-order valence-corrected chi connectivity index (χ0v) is 9.74. The Morgan fingerprint density at radius 2 is 1.24 bits per heavy atom. The van der Waals surface area contributed by atoms with Gasteiger partial charge in [0.2, 0.25) is 0 Å². The van der Waals surface area contributed by atoms with E-state index in [1.54, 1.807) is 0 Å². The van der Waals surface area contributed by atoms with E-state index in [4.69, 9.17) is 30.0 Å². The molecule has 9 nitrogen and oxygen atoms in total. The maximum absolute atomic E-state index is 9.74. The highest BCUT2D eigenvalue weighted by Gasteiger charge is 1.97. The molecule has 17 heavy (non-hydrogen) atoms. The number of hydrogen-bond acceptors (Lipinski definition) is 6. The molecule has 0 spiro atoms. The molecule has 102 valence electrons. The van der Waals surface area contributed by atoms with Crippen molar-refractivity contribution < 1.29 is 30.0 Å². The molecule has 0 aliphatic heterocycles. The number of aliphatic hydroxyl groups is 2. The zero-order chi connectivity index (χ0) is 14.3. The number of nitroso groups, excluding NO2 is 1. The van der Waals surface area contributed by atoms with Crippen molar-refractivity contribution in [2.75, 3.05) is 26.3 Å². The summed E-state index contributed by atoms with van der Waals surface area (Å²) in [5, 5.41) is 35.0. The lowest BCUT2D eigenvalue weighted by Gasteiger charge is -2.10. The van der Waals surface area contributed by atoms with Gasteiger partial charge in [0.15, 0.2) is 0 Å². The fraction of sp³-hybridized carbons (Fsp3) is 0.750. The average Bonchev–Trinajstić information content (AvgIpc) is 2.15. The van der Waals surface area contributed by atoms with Crippen LogP contribution in [0.4, 0.5) is 0 Å². The fourth-order valence-corrected chi connectivity index (χ4v) is 0.424. The third kappa shape index (κ3) is 54.7. The Kier molecular flexibility index (Phi) is 20.3. The number of aliphatic carboxylic acids is 2. The van der Waals surface area contributed by atoms with E-state index in [0.29, 0.717) is 0 Å².